The average molecular weight is 487 g/mol. The van der Waals surface area contributed by atoms with E-state index in [2.05, 4.69) is 50.0 Å². The first-order valence-electron chi connectivity index (χ1n) is 11.3. The highest BCUT2D eigenvalue weighted by Crippen LogP contribution is 2.44. The normalized spacial score (nSPS) is 23.2. The van der Waals surface area contributed by atoms with Gasteiger partial charge >= 0.3 is 6.18 Å². The number of aromatic amines is 1. The number of likely N-dealkylation sites (tertiary alicyclic amines) is 1. The van der Waals surface area contributed by atoms with Crippen molar-refractivity contribution >= 4 is 34.8 Å². The molecule has 3 aliphatic heterocycles. The lowest BCUT2D eigenvalue weighted by Gasteiger charge is -2.40. The smallest absolute Gasteiger partial charge is 0.359 e. The van der Waals surface area contributed by atoms with Gasteiger partial charge in [0.2, 0.25) is 0 Å². The molecule has 4 heterocycles. The van der Waals surface area contributed by atoms with Crippen molar-refractivity contribution in [1.29, 1.82) is 5.26 Å². The zero-order chi connectivity index (χ0) is 23.9. The Morgan fingerprint density at radius 1 is 1.26 bits per heavy atom. The van der Waals surface area contributed by atoms with E-state index in [1.54, 1.807) is 6.08 Å². The minimum atomic E-state index is -4.21. The summed E-state index contributed by atoms with van der Waals surface area (Å²) < 4.78 is 38.6. The third-order valence-corrected chi connectivity index (χ3v) is 7.91. The van der Waals surface area contributed by atoms with Crippen molar-refractivity contribution < 1.29 is 13.2 Å². The van der Waals surface area contributed by atoms with Crippen molar-refractivity contribution in [3.8, 4) is 6.07 Å². The van der Waals surface area contributed by atoms with E-state index in [1.165, 1.54) is 23.7 Å². The van der Waals surface area contributed by atoms with Gasteiger partial charge in [-0.3, -0.25) is 9.89 Å². The minimum absolute atomic E-state index is 0.187. The Bertz CT molecular complexity index is 1200. The van der Waals surface area contributed by atoms with Gasteiger partial charge in [-0.15, -0.1) is 11.8 Å². The summed E-state index contributed by atoms with van der Waals surface area (Å²) >= 11 is 1.21. The van der Waals surface area contributed by atoms with Crippen LogP contribution in [0.4, 0.5) is 13.2 Å². The molecule has 0 radical (unpaired) electrons. The molecule has 5 rings (SSSR count). The number of aliphatic imine (C=N–C) groups is 2. The van der Waals surface area contributed by atoms with Crippen molar-refractivity contribution in [2.75, 3.05) is 20.1 Å². The van der Waals surface area contributed by atoms with Gasteiger partial charge in [-0.05, 0) is 48.6 Å². The third kappa shape index (κ3) is 4.86. The number of halogens is 3. The summed E-state index contributed by atoms with van der Waals surface area (Å²) in [6.07, 6.45) is 0.0292. The second kappa shape index (κ2) is 9.12. The van der Waals surface area contributed by atoms with Gasteiger partial charge in [-0.1, -0.05) is 12.1 Å². The van der Waals surface area contributed by atoms with Crippen LogP contribution in [0.5, 0.6) is 0 Å². The van der Waals surface area contributed by atoms with Crippen molar-refractivity contribution in [2.45, 2.75) is 43.4 Å². The van der Waals surface area contributed by atoms with Gasteiger partial charge in [0.25, 0.3) is 0 Å². The topological polar surface area (TPSA) is 70.8 Å². The molecule has 178 valence electrons. The van der Waals surface area contributed by atoms with Gasteiger partial charge in [0.05, 0.1) is 12.3 Å². The number of allylic oxidation sites excluding steroid dienone is 1. The molecule has 0 spiro atoms. The maximum absolute atomic E-state index is 12.9. The number of thioether (sulfide) groups is 1. The lowest BCUT2D eigenvalue weighted by atomic mass is 9.99. The van der Waals surface area contributed by atoms with Crippen molar-refractivity contribution in [2.24, 2.45) is 15.9 Å². The van der Waals surface area contributed by atoms with E-state index < -0.39 is 12.6 Å². The highest BCUT2D eigenvalue weighted by Gasteiger charge is 2.40. The fourth-order valence-electron chi connectivity index (χ4n) is 5.00. The van der Waals surface area contributed by atoms with Crippen LogP contribution in [0.25, 0.3) is 10.9 Å². The van der Waals surface area contributed by atoms with Crippen molar-refractivity contribution in [1.82, 2.24) is 14.8 Å². The van der Waals surface area contributed by atoms with E-state index in [-0.39, 0.29) is 11.3 Å². The van der Waals surface area contributed by atoms with Crippen LogP contribution in [-0.4, -0.2) is 64.7 Å². The number of amidine groups is 1. The van der Waals surface area contributed by atoms with Gasteiger partial charge in [-0.2, -0.15) is 18.4 Å². The summed E-state index contributed by atoms with van der Waals surface area (Å²) in [6.45, 7) is 2.45. The van der Waals surface area contributed by atoms with Gasteiger partial charge < -0.3 is 9.88 Å². The number of nitrogens with one attached hydrogen (secondary N) is 1. The number of H-pyrrole nitrogens is 1. The Morgan fingerprint density at radius 2 is 2.06 bits per heavy atom. The number of aromatic nitrogens is 1. The number of nitrogens with zero attached hydrogens (tertiary/aromatic N) is 5. The van der Waals surface area contributed by atoms with Crippen LogP contribution < -0.4 is 0 Å². The van der Waals surface area contributed by atoms with Gasteiger partial charge in [0.15, 0.2) is 0 Å². The molecule has 2 atom stereocenters. The number of alkyl halides is 3. The monoisotopic (exact) mass is 486 g/mol. The second-order valence-corrected chi connectivity index (χ2v) is 10.3. The van der Waals surface area contributed by atoms with Crippen LogP contribution in [0, 0.1) is 17.2 Å². The zero-order valence-electron chi connectivity index (χ0n) is 18.7. The third-order valence-electron chi connectivity index (χ3n) is 6.67. The molecule has 1 N–H and O–H groups in total. The zero-order valence-corrected chi connectivity index (χ0v) is 19.5. The Balaban J connectivity index is 1.19. The Hall–Kier alpha value is -2.77. The number of nitriles is 1. The van der Waals surface area contributed by atoms with Crippen LogP contribution >= 0.6 is 11.8 Å². The fraction of sp³-hybridized carbons (Fsp3) is 0.458. The Kier molecular flexibility index (Phi) is 6.16. The predicted molar refractivity (Wildman–Crippen MR) is 129 cm³/mol. The molecular weight excluding hydrogens is 461 g/mol. The van der Waals surface area contributed by atoms with E-state index in [9.17, 15) is 13.2 Å². The van der Waals surface area contributed by atoms with Crippen LogP contribution in [0.3, 0.4) is 0 Å². The largest absolute Gasteiger partial charge is 0.393 e. The molecule has 0 bridgehead atoms. The number of rotatable bonds is 4. The first-order valence-corrected chi connectivity index (χ1v) is 12.2. The molecule has 34 heavy (non-hydrogen) atoms. The summed E-state index contributed by atoms with van der Waals surface area (Å²) in [6, 6.07) is 10.6. The van der Waals surface area contributed by atoms with Crippen LogP contribution in [0.2, 0.25) is 0 Å². The quantitative estimate of drug-likeness (QED) is 0.667. The van der Waals surface area contributed by atoms with Crippen molar-refractivity contribution in [3.63, 3.8) is 0 Å². The average Bonchev–Trinajstić information content (AvgIpc) is 3.40. The van der Waals surface area contributed by atoms with Crippen molar-refractivity contribution in [3.05, 3.63) is 46.5 Å². The maximum atomic E-state index is 12.9. The Morgan fingerprint density at radius 3 is 2.79 bits per heavy atom. The summed E-state index contributed by atoms with van der Waals surface area (Å²) in [5, 5.41) is 9.89. The lowest BCUT2D eigenvalue weighted by Crippen LogP contribution is -2.48. The van der Waals surface area contributed by atoms with E-state index in [4.69, 9.17) is 5.26 Å². The predicted octanol–water partition coefficient (Wildman–Crippen LogP) is 4.90. The van der Waals surface area contributed by atoms with Crippen LogP contribution in [0.1, 0.15) is 30.5 Å². The summed E-state index contributed by atoms with van der Waals surface area (Å²) in [7, 11) is 2.13. The van der Waals surface area contributed by atoms with Gasteiger partial charge in [-0.25, -0.2) is 4.99 Å². The van der Waals surface area contributed by atoms with Crippen LogP contribution in [0.15, 0.2) is 45.2 Å². The highest BCUT2D eigenvalue weighted by molar-refractivity contribution is 8.04. The molecule has 1 aromatic carbocycles. The standard InChI is InChI=1S/C24H25F3N6S/c1-32(13-15-2-3-21-16(8-15)9-17(12-28)31-21)18-4-6-33(7-5-18)22-20-10-19(11-24(25,26)27)34-23(20)30-14-29-22/h2-3,8-10,14,18,20,23,31H,4-7,11,13H2,1H3. The molecule has 2 aromatic rings. The molecule has 1 saturated heterocycles. The Labute approximate surface area is 200 Å². The van der Waals surface area contributed by atoms with E-state index in [1.807, 2.05) is 12.1 Å². The van der Waals surface area contributed by atoms with E-state index in [0.29, 0.717) is 16.6 Å². The molecule has 0 aliphatic carbocycles. The first-order chi connectivity index (χ1) is 16.3. The second-order valence-electron chi connectivity index (χ2n) is 9.06. The lowest BCUT2D eigenvalue weighted by molar-refractivity contribution is -0.125. The van der Waals surface area contributed by atoms with E-state index in [0.717, 1.165) is 49.2 Å². The fourth-order valence-corrected chi connectivity index (χ4v) is 6.25. The summed E-state index contributed by atoms with van der Waals surface area (Å²) in [4.78, 5) is 16.8. The number of piperidine rings is 1. The first kappa shape index (κ1) is 23.0. The number of benzene rings is 1. The number of fused-ring (bicyclic) bond motifs is 2. The molecule has 2 unspecified atom stereocenters. The molecular formula is C24H25F3N6S. The van der Waals surface area contributed by atoms with Crippen LogP contribution in [-0.2, 0) is 6.54 Å². The molecule has 1 fully saturated rings. The molecule has 10 heteroatoms. The van der Waals surface area contributed by atoms with Gasteiger partial charge in [0.1, 0.15) is 29.3 Å². The number of hydrogen-bond donors (Lipinski definition) is 1. The van der Waals surface area contributed by atoms with Gasteiger partial charge in [0, 0.05) is 36.6 Å². The highest BCUT2D eigenvalue weighted by atomic mass is 32.2. The minimum Gasteiger partial charge on any atom is -0.359 e. The SMILES string of the molecule is CN(Cc1ccc2[nH]c(C#N)cc2c1)C1CCN(C2=NC=NC3SC(CC(F)(F)F)=CC23)CC1. The molecule has 1 aromatic heterocycles. The molecule has 0 amide bonds. The van der Waals surface area contributed by atoms with E-state index >= 15 is 0 Å². The summed E-state index contributed by atoms with van der Waals surface area (Å²) in [5.74, 6) is 0.657. The molecule has 3 aliphatic rings. The molecule has 0 saturated carbocycles. The molecule has 6 nitrogen and oxygen atoms in total. The summed E-state index contributed by atoms with van der Waals surface area (Å²) in [5.41, 5.74) is 2.72. The maximum Gasteiger partial charge on any atom is 0.393 e. The number of hydrogen-bond acceptors (Lipinski definition) is 6.